The highest BCUT2D eigenvalue weighted by Gasteiger charge is 2.24. The van der Waals surface area contributed by atoms with Crippen molar-refractivity contribution in [3.05, 3.63) is 69.9 Å². The molecule has 0 bridgehead atoms. The Kier molecular flexibility index (Phi) is 8.67. The molecule has 4 rings (SSSR count). The number of amides is 1. The van der Waals surface area contributed by atoms with Gasteiger partial charge in [-0.2, -0.15) is 0 Å². The zero-order valence-corrected chi connectivity index (χ0v) is 22.9. The van der Waals surface area contributed by atoms with Crippen molar-refractivity contribution in [2.45, 2.75) is 46.6 Å². The van der Waals surface area contributed by atoms with Gasteiger partial charge in [-0.1, -0.05) is 49.7 Å². The van der Waals surface area contributed by atoms with Crippen LogP contribution in [0.2, 0.25) is 5.02 Å². The van der Waals surface area contributed by atoms with Gasteiger partial charge in [0, 0.05) is 31.7 Å². The Labute approximate surface area is 224 Å². The molecule has 0 saturated carbocycles. The lowest BCUT2D eigenvalue weighted by molar-refractivity contribution is -0.119. The first-order chi connectivity index (χ1) is 17.8. The van der Waals surface area contributed by atoms with Gasteiger partial charge >= 0.3 is 0 Å². The smallest absolute Gasteiger partial charge is 0.231 e. The van der Waals surface area contributed by atoms with E-state index in [4.69, 9.17) is 32.0 Å². The maximum atomic E-state index is 11.4. The Morgan fingerprint density at radius 2 is 1.84 bits per heavy atom. The highest BCUT2D eigenvalue weighted by atomic mass is 35.5. The Morgan fingerprint density at radius 1 is 1.11 bits per heavy atom. The largest absolute Gasteiger partial charge is 0.488 e. The molecule has 7 nitrogen and oxygen atoms in total. The molecule has 0 aliphatic carbocycles. The monoisotopic (exact) mass is 521 g/mol. The molecule has 8 heteroatoms. The Bertz CT molecular complexity index is 1260. The van der Waals surface area contributed by atoms with E-state index >= 15 is 0 Å². The lowest BCUT2D eigenvalue weighted by Crippen LogP contribution is -2.49. The van der Waals surface area contributed by atoms with Gasteiger partial charge < -0.3 is 15.4 Å². The van der Waals surface area contributed by atoms with Crippen molar-refractivity contribution < 1.29 is 9.53 Å². The minimum atomic E-state index is -0.309. The molecule has 1 unspecified atom stereocenters. The summed E-state index contributed by atoms with van der Waals surface area (Å²) in [5.74, 6) is 2.48. The summed E-state index contributed by atoms with van der Waals surface area (Å²) in [7, 11) is 0. The van der Waals surface area contributed by atoms with Crippen LogP contribution in [0.15, 0.2) is 42.5 Å². The van der Waals surface area contributed by atoms with Crippen LogP contribution in [0.5, 0.6) is 5.75 Å². The number of hydrogen-bond donors (Lipinski definition) is 1. The fraction of sp³-hybridized carbons (Fsp3) is 0.414. The molecule has 0 spiro atoms. The molecule has 1 aliphatic rings. The molecule has 2 N–H and O–H groups in total. The average molecular weight is 522 g/mol. The molecule has 1 aliphatic heterocycles. The van der Waals surface area contributed by atoms with Gasteiger partial charge in [-0.25, -0.2) is 9.97 Å². The highest BCUT2D eigenvalue weighted by Crippen LogP contribution is 2.32. The molecular formula is C29H36ClN5O2. The second kappa shape index (κ2) is 11.9. The van der Waals surface area contributed by atoms with E-state index in [0.29, 0.717) is 23.4 Å². The lowest BCUT2D eigenvalue weighted by atomic mass is 9.97. The van der Waals surface area contributed by atoms with Gasteiger partial charge in [0.1, 0.15) is 18.2 Å². The molecular weight excluding hydrogens is 486 g/mol. The summed E-state index contributed by atoms with van der Waals surface area (Å²) in [5, 5.41) is 0.612. The molecule has 196 valence electrons. The van der Waals surface area contributed by atoms with Crippen molar-refractivity contribution >= 4 is 23.3 Å². The number of rotatable bonds is 9. The zero-order valence-electron chi connectivity index (χ0n) is 22.1. The molecule has 3 aromatic rings. The molecule has 1 aromatic heterocycles. The Hall–Kier alpha value is -3.16. The lowest BCUT2D eigenvalue weighted by Gasteiger charge is -2.36. The van der Waals surface area contributed by atoms with E-state index in [2.05, 4.69) is 48.8 Å². The van der Waals surface area contributed by atoms with Gasteiger partial charge in [-0.05, 0) is 55.5 Å². The molecule has 1 fully saturated rings. The van der Waals surface area contributed by atoms with Gasteiger partial charge in [0.25, 0.3) is 0 Å². The summed E-state index contributed by atoms with van der Waals surface area (Å²) in [6.07, 6.45) is 1.07. The van der Waals surface area contributed by atoms with E-state index in [1.165, 1.54) is 5.56 Å². The van der Waals surface area contributed by atoms with Crippen molar-refractivity contribution in [1.82, 2.24) is 14.9 Å². The van der Waals surface area contributed by atoms with Gasteiger partial charge in [-0.15, -0.1) is 0 Å². The number of hydrogen-bond acceptors (Lipinski definition) is 6. The summed E-state index contributed by atoms with van der Waals surface area (Å²) >= 11 is 6.50. The number of nitrogens with two attached hydrogens (primary N) is 1. The second-order valence-electron chi connectivity index (χ2n) is 9.77. The van der Waals surface area contributed by atoms with E-state index in [0.717, 1.165) is 66.6 Å². The first kappa shape index (κ1) is 26.9. The number of nitrogens with zero attached hydrogens (tertiary/aromatic N) is 4. The normalized spacial score (nSPS) is 15.0. The maximum absolute atomic E-state index is 11.4. The van der Waals surface area contributed by atoms with Gasteiger partial charge in [0.05, 0.1) is 22.8 Å². The minimum Gasteiger partial charge on any atom is -0.488 e. The maximum Gasteiger partial charge on any atom is 0.231 e. The van der Waals surface area contributed by atoms with Crippen LogP contribution in [0.25, 0.3) is 11.4 Å². The number of ether oxygens (including phenoxy) is 1. The van der Waals surface area contributed by atoms with Crippen LogP contribution < -0.4 is 15.4 Å². The number of anilines is 1. The fourth-order valence-corrected chi connectivity index (χ4v) is 4.80. The summed E-state index contributed by atoms with van der Waals surface area (Å²) in [5.41, 5.74) is 10.4. The number of benzene rings is 2. The highest BCUT2D eigenvalue weighted by molar-refractivity contribution is 6.33. The van der Waals surface area contributed by atoms with Crippen molar-refractivity contribution in [2.24, 2.45) is 5.73 Å². The molecule has 1 saturated heterocycles. The van der Waals surface area contributed by atoms with E-state index in [-0.39, 0.29) is 12.5 Å². The van der Waals surface area contributed by atoms with Crippen LogP contribution in [0.4, 0.5) is 5.82 Å². The molecule has 0 radical (unpaired) electrons. The van der Waals surface area contributed by atoms with E-state index in [1.54, 1.807) is 0 Å². The molecule has 2 aromatic carbocycles. The minimum absolute atomic E-state index is 0.267. The number of aromatic nitrogens is 2. The standard InChI is InChI=1S/C29H36ClN5O2/c1-5-19(2)22-11-10-20(3)26(16-22)37-18-24-21(4)32-28(23-8-6-7-9-25(23)30)33-29(24)35-14-12-34(13-15-35)17-27(31)36/h6-11,16,19H,5,12-15,17-18H2,1-4H3,(H2,31,36). The quantitative estimate of drug-likeness (QED) is 0.421. The topological polar surface area (TPSA) is 84.6 Å². The van der Waals surface area contributed by atoms with E-state index < -0.39 is 0 Å². The van der Waals surface area contributed by atoms with Crippen LogP contribution in [0, 0.1) is 13.8 Å². The number of primary amides is 1. The van der Waals surface area contributed by atoms with Gasteiger partial charge in [0.15, 0.2) is 5.82 Å². The number of aryl methyl sites for hydroxylation is 2. The van der Waals surface area contributed by atoms with Crippen molar-refractivity contribution in [2.75, 3.05) is 37.6 Å². The third-order valence-electron chi connectivity index (χ3n) is 7.12. The van der Waals surface area contributed by atoms with Crippen LogP contribution in [0.1, 0.15) is 48.6 Å². The number of carbonyl (C=O) groups is 1. The first-order valence-corrected chi connectivity index (χ1v) is 13.3. The Balaban J connectivity index is 1.67. The van der Waals surface area contributed by atoms with Crippen molar-refractivity contribution in [3.63, 3.8) is 0 Å². The summed E-state index contributed by atoms with van der Waals surface area (Å²) in [6.45, 7) is 12.0. The van der Waals surface area contributed by atoms with Crippen LogP contribution in [0.3, 0.4) is 0 Å². The molecule has 1 amide bonds. The molecule has 2 heterocycles. The number of carbonyl (C=O) groups excluding carboxylic acids is 1. The third kappa shape index (κ3) is 6.40. The first-order valence-electron chi connectivity index (χ1n) is 12.9. The molecule has 37 heavy (non-hydrogen) atoms. The summed E-state index contributed by atoms with van der Waals surface area (Å²) in [4.78, 5) is 25.6. The zero-order chi connectivity index (χ0) is 26.5. The Morgan fingerprint density at radius 3 is 2.51 bits per heavy atom. The summed E-state index contributed by atoms with van der Waals surface area (Å²) in [6, 6.07) is 14.1. The number of piperazine rings is 1. The van der Waals surface area contributed by atoms with Crippen LogP contribution in [-0.4, -0.2) is 53.5 Å². The van der Waals surface area contributed by atoms with Crippen molar-refractivity contribution in [3.8, 4) is 17.1 Å². The predicted molar refractivity (Wildman–Crippen MR) is 149 cm³/mol. The van der Waals surface area contributed by atoms with Crippen LogP contribution in [-0.2, 0) is 11.4 Å². The van der Waals surface area contributed by atoms with E-state index in [9.17, 15) is 4.79 Å². The SMILES string of the molecule is CCC(C)c1ccc(C)c(OCc2c(C)nc(-c3ccccc3Cl)nc2N2CCN(CC(N)=O)CC2)c1. The van der Waals surface area contributed by atoms with Crippen LogP contribution >= 0.6 is 11.6 Å². The second-order valence-corrected chi connectivity index (χ2v) is 10.2. The summed E-state index contributed by atoms with van der Waals surface area (Å²) < 4.78 is 6.41. The van der Waals surface area contributed by atoms with Gasteiger partial charge in [-0.3, -0.25) is 9.69 Å². The average Bonchev–Trinajstić information content (AvgIpc) is 2.88. The van der Waals surface area contributed by atoms with E-state index in [1.807, 2.05) is 31.2 Å². The van der Waals surface area contributed by atoms with Crippen molar-refractivity contribution in [1.29, 1.82) is 0 Å². The number of halogens is 1. The fourth-order valence-electron chi connectivity index (χ4n) is 4.58. The molecule has 1 atom stereocenters. The third-order valence-corrected chi connectivity index (χ3v) is 7.45. The van der Waals surface area contributed by atoms with Gasteiger partial charge in [0.2, 0.25) is 5.91 Å². The predicted octanol–water partition coefficient (Wildman–Crippen LogP) is 5.11.